The number of rotatable bonds is 6. The number of methoxy groups -OCH3 is 4. The van der Waals surface area contributed by atoms with Crippen molar-refractivity contribution in [3.63, 3.8) is 0 Å². The SMILES string of the molecule is COC(=O)C1=C(C(=O)OC)[C@@H]2N(C)c3ccc(OC)cc3[C@@]23C[C@@H](C(=O)OC)N(S(=O)(=O)c2ccc(C(F)(F)F)cc2)C3=N1. The molecule has 1 fully saturated rings. The Balaban J connectivity index is 1.86. The molecule has 3 aliphatic heterocycles. The molecule has 0 amide bonds. The molecule has 1 spiro atoms. The van der Waals surface area contributed by atoms with Gasteiger partial charge in [0.1, 0.15) is 17.6 Å². The smallest absolute Gasteiger partial charge is 0.416 e. The minimum Gasteiger partial charge on any atom is -0.497 e. The van der Waals surface area contributed by atoms with Gasteiger partial charge in [0.25, 0.3) is 10.0 Å². The fourth-order valence-electron chi connectivity index (χ4n) is 6.19. The topological polar surface area (TPSA) is 141 Å². The number of hydrogen-bond donors (Lipinski definition) is 0. The maximum Gasteiger partial charge on any atom is 0.416 e. The van der Waals surface area contributed by atoms with Gasteiger partial charge in [0, 0.05) is 12.7 Å². The number of alkyl halides is 3. The number of carbonyl (C=O) groups excluding carboxylic acids is 3. The number of ether oxygens (including phenoxy) is 4. The molecule has 3 heterocycles. The minimum absolute atomic E-state index is 0.252. The van der Waals surface area contributed by atoms with Crippen LogP contribution >= 0.6 is 0 Å². The zero-order valence-electron chi connectivity index (χ0n) is 24.0. The quantitative estimate of drug-likeness (QED) is 0.343. The third kappa shape index (κ3) is 4.30. The van der Waals surface area contributed by atoms with E-state index in [0.717, 1.165) is 33.5 Å². The summed E-state index contributed by atoms with van der Waals surface area (Å²) in [6, 6.07) is 4.82. The number of likely N-dealkylation sites (N-methyl/N-ethyl adjacent to an activating group) is 1. The molecule has 5 rings (SSSR count). The summed E-state index contributed by atoms with van der Waals surface area (Å²) in [7, 11) is 1.32. The second kappa shape index (κ2) is 10.5. The molecule has 16 heteroatoms. The minimum atomic E-state index is -4.86. The number of sulfonamides is 1. The van der Waals surface area contributed by atoms with E-state index in [2.05, 4.69) is 4.99 Å². The summed E-state index contributed by atoms with van der Waals surface area (Å²) in [6.07, 6.45) is -5.07. The second-order valence-corrected chi connectivity index (χ2v) is 11.9. The standard InChI is InChI=1S/C28H26F3N3O9S/c1-33-18-11-8-15(40-2)12-17(18)27-13-19(23(35)41-3)34(44(38,39)16-9-6-14(7-10-16)28(29,30)31)26(27)32-21(25(37)43-5)20(22(27)33)24(36)42-4/h6-12,19,22H,13H2,1-5H3/t19-,22-,27-/m0/s1. The van der Waals surface area contributed by atoms with Gasteiger partial charge in [-0.05, 0) is 54.4 Å². The highest BCUT2D eigenvalue weighted by Gasteiger charge is 2.68. The molecule has 0 saturated carbocycles. The Morgan fingerprint density at radius 3 is 2.14 bits per heavy atom. The molecule has 12 nitrogen and oxygen atoms in total. The van der Waals surface area contributed by atoms with E-state index >= 15 is 0 Å². The van der Waals surface area contributed by atoms with E-state index in [0.29, 0.717) is 33.4 Å². The lowest BCUT2D eigenvalue weighted by atomic mass is 9.69. The average Bonchev–Trinajstić information content (AvgIpc) is 3.49. The number of halogens is 3. The number of amidine groups is 1. The molecule has 234 valence electrons. The Bertz CT molecular complexity index is 1740. The fourth-order valence-corrected chi connectivity index (χ4v) is 7.83. The highest BCUT2D eigenvalue weighted by Crippen LogP contribution is 2.58. The lowest BCUT2D eigenvalue weighted by Gasteiger charge is -2.39. The molecule has 1 saturated heterocycles. The van der Waals surface area contributed by atoms with Gasteiger partial charge in [-0.25, -0.2) is 32.1 Å². The van der Waals surface area contributed by atoms with Crippen LogP contribution in [-0.4, -0.2) is 84.0 Å². The van der Waals surface area contributed by atoms with Crippen LogP contribution in [0.5, 0.6) is 5.75 Å². The number of benzene rings is 2. The highest BCUT2D eigenvalue weighted by molar-refractivity contribution is 7.89. The molecule has 44 heavy (non-hydrogen) atoms. The van der Waals surface area contributed by atoms with Gasteiger partial charge in [-0.1, -0.05) is 0 Å². The highest BCUT2D eigenvalue weighted by atomic mass is 32.2. The lowest BCUT2D eigenvalue weighted by Crippen LogP contribution is -2.55. The monoisotopic (exact) mass is 637 g/mol. The molecule has 2 aromatic carbocycles. The third-order valence-corrected chi connectivity index (χ3v) is 9.88. The Labute approximate surface area is 249 Å². The molecule has 0 aliphatic carbocycles. The Morgan fingerprint density at radius 2 is 1.59 bits per heavy atom. The Kier molecular flexibility index (Phi) is 7.39. The maximum absolute atomic E-state index is 14.3. The van der Waals surface area contributed by atoms with Crippen LogP contribution < -0.4 is 9.64 Å². The lowest BCUT2D eigenvalue weighted by molar-refractivity contribution is -0.144. The van der Waals surface area contributed by atoms with E-state index < -0.39 is 67.8 Å². The second-order valence-electron chi connectivity index (χ2n) is 10.1. The van der Waals surface area contributed by atoms with E-state index in [9.17, 15) is 36.0 Å². The van der Waals surface area contributed by atoms with Crippen molar-refractivity contribution in [1.29, 1.82) is 0 Å². The molecule has 3 aliphatic rings. The molecule has 3 atom stereocenters. The number of hydrogen-bond acceptors (Lipinski definition) is 11. The first-order valence-corrected chi connectivity index (χ1v) is 14.3. The van der Waals surface area contributed by atoms with Gasteiger partial charge in [-0.15, -0.1) is 0 Å². The van der Waals surface area contributed by atoms with Crippen LogP contribution in [0.3, 0.4) is 0 Å². The van der Waals surface area contributed by atoms with Crippen LogP contribution in [0.4, 0.5) is 18.9 Å². The molecular formula is C28H26F3N3O9S. The first-order chi connectivity index (χ1) is 20.7. The summed E-state index contributed by atoms with van der Waals surface area (Å²) in [5.41, 5.74) is -2.61. The van der Waals surface area contributed by atoms with Crippen molar-refractivity contribution in [3.05, 3.63) is 64.9 Å². The fraction of sp³-hybridized carbons (Fsp3) is 0.357. The summed E-state index contributed by atoms with van der Waals surface area (Å²) < 4.78 is 89.4. The summed E-state index contributed by atoms with van der Waals surface area (Å²) in [6.45, 7) is 0. The van der Waals surface area contributed by atoms with E-state index in [4.69, 9.17) is 18.9 Å². The number of anilines is 1. The molecular weight excluding hydrogens is 611 g/mol. The Hall–Kier alpha value is -4.60. The summed E-state index contributed by atoms with van der Waals surface area (Å²) in [5, 5.41) is 0. The third-order valence-electron chi connectivity index (χ3n) is 8.07. The predicted molar refractivity (Wildman–Crippen MR) is 146 cm³/mol. The van der Waals surface area contributed by atoms with Crippen molar-refractivity contribution < 1.29 is 54.9 Å². The van der Waals surface area contributed by atoms with E-state index in [-0.39, 0.29) is 17.8 Å². The first kappa shape index (κ1) is 30.8. The largest absolute Gasteiger partial charge is 0.497 e. The summed E-state index contributed by atoms with van der Waals surface area (Å²) >= 11 is 0. The number of esters is 3. The van der Waals surface area contributed by atoms with Gasteiger partial charge in [0.15, 0.2) is 5.70 Å². The van der Waals surface area contributed by atoms with Crippen molar-refractivity contribution in [3.8, 4) is 5.75 Å². The molecule has 0 unspecified atom stereocenters. The van der Waals surface area contributed by atoms with Crippen molar-refractivity contribution in [2.45, 2.75) is 35.0 Å². The average molecular weight is 638 g/mol. The van der Waals surface area contributed by atoms with Crippen LogP contribution in [0.25, 0.3) is 0 Å². The van der Waals surface area contributed by atoms with Crippen LogP contribution in [0.1, 0.15) is 17.5 Å². The van der Waals surface area contributed by atoms with Gasteiger partial charge < -0.3 is 23.8 Å². The van der Waals surface area contributed by atoms with Gasteiger partial charge in [0.2, 0.25) is 0 Å². The summed E-state index contributed by atoms with van der Waals surface area (Å²) in [5.74, 6) is -3.05. The molecule has 0 radical (unpaired) electrons. The molecule has 0 N–H and O–H groups in total. The van der Waals surface area contributed by atoms with E-state index in [1.807, 2.05) is 0 Å². The van der Waals surface area contributed by atoms with Gasteiger partial charge in [-0.3, -0.25) is 0 Å². The van der Waals surface area contributed by atoms with Crippen molar-refractivity contribution in [2.75, 3.05) is 40.4 Å². The molecule has 0 bridgehead atoms. The summed E-state index contributed by atoms with van der Waals surface area (Å²) in [4.78, 5) is 45.1. The number of nitrogens with zero attached hydrogens (tertiary/aromatic N) is 3. The predicted octanol–water partition coefficient (Wildman–Crippen LogP) is 2.42. The van der Waals surface area contributed by atoms with Crippen LogP contribution in [0, 0.1) is 0 Å². The number of aliphatic imine (C=N–C) groups is 1. The van der Waals surface area contributed by atoms with Crippen LogP contribution in [0.2, 0.25) is 0 Å². The van der Waals surface area contributed by atoms with Crippen molar-refractivity contribution in [2.24, 2.45) is 4.99 Å². The normalized spacial score (nSPS) is 22.5. The molecule has 2 aromatic rings. The van der Waals surface area contributed by atoms with Gasteiger partial charge >= 0.3 is 24.1 Å². The first-order valence-electron chi connectivity index (χ1n) is 12.9. The van der Waals surface area contributed by atoms with Gasteiger partial charge in [0.05, 0.1) is 55.9 Å². The van der Waals surface area contributed by atoms with Gasteiger partial charge in [-0.2, -0.15) is 13.2 Å². The Morgan fingerprint density at radius 1 is 0.955 bits per heavy atom. The van der Waals surface area contributed by atoms with Crippen molar-refractivity contribution >= 4 is 39.5 Å². The van der Waals surface area contributed by atoms with Crippen LogP contribution in [0.15, 0.2) is 63.6 Å². The molecule has 0 aromatic heterocycles. The van der Waals surface area contributed by atoms with Crippen LogP contribution in [-0.2, 0) is 50.2 Å². The van der Waals surface area contributed by atoms with Crippen molar-refractivity contribution in [1.82, 2.24) is 4.31 Å². The van der Waals surface area contributed by atoms with E-state index in [1.165, 1.54) is 7.11 Å². The zero-order chi connectivity index (χ0) is 32.4. The zero-order valence-corrected chi connectivity index (χ0v) is 24.8. The maximum atomic E-state index is 14.3. The number of carbonyl (C=O) groups is 3. The number of fused-ring (bicyclic) bond motifs is 1. The van der Waals surface area contributed by atoms with E-state index in [1.54, 1.807) is 30.1 Å².